The van der Waals surface area contributed by atoms with E-state index in [2.05, 4.69) is 11.1 Å². The Balaban J connectivity index is 1.81. The second kappa shape index (κ2) is 6.74. The first-order chi connectivity index (χ1) is 11.3. The van der Waals surface area contributed by atoms with E-state index in [9.17, 15) is 0 Å². The van der Waals surface area contributed by atoms with Gasteiger partial charge in [0.2, 0.25) is 0 Å². The molecule has 3 aromatic rings. The molecule has 0 aliphatic rings. The van der Waals surface area contributed by atoms with Gasteiger partial charge in [0.1, 0.15) is 16.8 Å². The molecule has 0 saturated heterocycles. The molecular weight excluding hydrogens is 306 g/mol. The van der Waals surface area contributed by atoms with Crippen molar-refractivity contribution >= 4 is 11.3 Å². The van der Waals surface area contributed by atoms with Crippen molar-refractivity contribution in [2.24, 2.45) is 0 Å². The molecule has 0 spiro atoms. The maximum absolute atomic E-state index is 8.84. The molecule has 0 unspecified atom stereocenters. The first kappa shape index (κ1) is 14.8. The van der Waals surface area contributed by atoms with Crippen LogP contribution in [0.2, 0.25) is 0 Å². The SMILES string of the molecule is N#CCOc1ccc(-c2nc(-c3ccc(C#N)cc3)cs2)cc1. The molecule has 2 aromatic carbocycles. The average molecular weight is 317 g/mol. The van der Waals surface area contributed by atoms with Crippen LogP contribution in [-0.4, -0.2) is 11.6 Å². The van der Waals surface area contributed by atoms with Crippen LogP contribution in [0.1, 0.15) is 5.56 Å². The van der Waals surface area contributed by atoms with E-state index >= 15 is 0 Å². The van der Waals surface area contributed by atoms with Gasteiger partial charge in [-0.3, -0.25) is 0 Å². The molecule has 0 radical (unpaired) electrons. The molecule has 5 heteroatoms. The zero-order chi connectivity index (χ0) is 16.1. The largest absolute Gasteiger partial charge is 0.479 e. The molecular formula is C18H11N3OS. The maximum Gasteiger partial charge on any atom is 0.174 e. The van der Waals surface area contributed by atoms with Crippen molar-refractivity contribution in [3.63, 3.8) is 0 Å². The normalized spacial score (nSPS) is 9.83. The van der Waals surface area contributed by atoms with Crippen LogP contribution in [0.5, 0.6) is 5.75 Å². The highest BCUT2D eigenvalue weighted by Gasteiger charge is 2.07. The molecule has 110 valence electrons. The van der Waals surface area contributed by atoms with Crippen molar-refractivity contribution in [2.75, 3.05) is 6.61 Å². The van der Waals surface area contributed by atoms with E-state index in [1.54, 1.807) is 23.5 Å². The Morgan fingerprint density at radius 3 is 2.30 bits per heavy atom. The van der Waals surface area contributed by atoms with E-state index in [0.29, 0.717) is 11.3 Å². The molecule has 4 nitrogen and oxygen atoms in total. The molecule has 0 bridgehead atoms. The Morgan fingerprint density at radius 2 is 1.65 bits per heavy atom. The van der Waals surface area contributed by atoms with E-state index in [4.69, 9.17) is 15.3 Å². The summed E-state index contributed by atoms with van der Waals surface area (Å²) in [6, 6.07) is 18.9. The van der Waals surface area contributed by atoms with Gasteiger partial charge in [-0.1, -0.05) is 12.1 Å². The minimum absolute atomic E-state index is 0.0411. The molecule has 1 aromatic heterocycles. The molecule has 23 heavy (non-hydrogen) atoms. The molecule has 0 N–H and O–H groups in total. The molecule has 0 atom stereocenters. The summed E-state index contributed by atoms with van der Waals surface area (Å²) in [6.07, 6.45) is 0. The number of thiazole rings is 1. The number of hydrogen-bond donors (Lipinski definition) is 0. The van der Waals surface area contributed by atoms with Crippen LogP contribution >= 0.6 is 11.3 Å². The van der Waals surface area contributed by atoms with Crippen molar-refractivity contribution in [1.82, 2.24) is 4.98 Å². The summed E-state index contributed by atoms with van der Waals surface area (Å²) in [4.78, 5) is 4.64. The van der Waals surface area contributed by atoms with Gasteiger partial charge < -0.3 is 4.74 Å². The van der Waals surface area contributed by atoms with Gasteiger partial charge >= 0.3 is 0 Å². The number of nitriles is 2. The van der Waals surface area contributed by atoms with Crippen molar-refractivity contribution in [2.45, 2.75) is 0 Å². The predicted octanol–water partition coefficient (Wildman–Crippen LogP) is 4.25. The summed E-state index contributed by atoms with van der Waals surface area (Å²) in [5, 5.41) is 20.2. The molecule has 0 amide bonds. The predicted molar refractivity (Wildman–Crippen MR) is 88.8 cm³/mol. The van der Waals surface area contributed by atoms with Gasteiger partial charge in [-0.25, -0.2) is 4.98 Å². The standard InChI is InChI=1S/C18H11N3OS/c19-9-10-22-16-7-5-15(6-8-16)18-21-17(12-23-18)14-3-1-13(11-20)2-4-14/h1-8,12H,10H2. The van der Waals surface area contributed by atoms with Gasteiger partial charge in [-0.05, 0) is 36.4 Å². The highest BCUT2D eigenvalue weighted by atomic mass is 32.1. The Kier molecular flexibility index (Phi) is 4.33. The molecule has 3 rings (SSSR count). The van der Waals surface area contributed by atoms with Crippen molar-refractivity contribution in [3.05, 3.63) is 59.5 Å². The number of nitrogens with zero attached hydrogens (tertiary/aromatic N) is 3. The third-order valence-electron chi connectivity index (χ3n) is 3.22. The lowest BCUT2D eigenvalue weighted by Gasteiger charge is -2.02. The van der Waals surface area contributed by atoms with Gasteiger partial charge in [0.05, 0.1) is 17.3 Å². The Labute approximate surface area is 137 Å². The van der Waals surface area contributed by atoms with Crippen LogP contribution in [0.4, 0.5) is 0 Å². The van der Waals surface area contributed by atoms with Gasteiger partial charge in [0.15, 0.2) is 6.61 Å². The summed E-state index contributed by atoms with van der Waals surface area (Å²) in [5.74, 6) is 0.666. The van der Waals surface area contributed by atoms with Crippen LogP contribution in [-0.2, 0) is 0 Å². The third-order valence-corrected chi connectivity index (χ3v) is 4.11. The highest BCUT2D eigenvalue weighted by Crippen LogP contribution is 2.30. The van der Waals surface area contributed by atoms with Gasteiger partial charge in [0.25, 0.3) is 0 Å². The lowest BCUT2D eigenvalue weighted by molar-refractivity contribution is 0.368. The van der Waals surface area contributed by atoms with E-state index in [1.165, 1.54) is 0 Å². The topological polar surface area (TPSA) is 69.7 Å². The van der Waals surface area contributed by atoms with Crippen molar-refractivity contribution in [3.8, 4) is 39.7 Å². The first-order valence-corrected chi connectivity index (χ1v) is 7.74. The maximum atomic E-state index is 8.84. The lowest BCUT2D eigenvalue weighted by Crippen LogP contribution is -1.92. The smallest absolute Gasteiger partial charge is 0.174 e. The highest BCUT2D eigenvalue weighted by molar-refractivity contribution is 7.13. The van der Waals surface area contributed by atoms with Crippen molar-refractivity contribution in [1.29, 1.82) is 10.5 Å². The second-order valence-corrected chi connectivity index (χ2v) is 5.56. The van der Waals surface area contributed by atoms with Gasteiger partial charge in [-0.15, -0.1) is 11.3 Å². The second-order valence-electron chi connectivity index (χ2n) is 4.70. The summed E-state index contributed by atoms with van der Waals surface area (Å²) >= 11 is 1.56. The minimum atomic E-state index is 0.0411. The summed E-state index contributed by atoms with van der Waals surface area (Å²) < 4.78 is 5.24. The Bertz CT molecular complexity index is 884. The molecule has 0 saturated carbocycles. The van der Waals surface area contributed by atoms with Crippen LogP contribution in [0.15, 0.2) is 53.9 Å². The van der Waals surface area contributed by atoms with Crippen molar-refractivity contribution < 1.29 is 4.74 Å². The molecule has 1 heterocycles. The number of ether oxygens (including phenoxy) is 1. The average Bonchev–Trinajstić information content (AvgIpc) is 3.10. The summed E-state index contributed by atoms with van der Waals surface area (Å²) in [6.45, 7) is 0.0411. The van der Waals surface area contributed by atoms with Crippen LogP contribution in [0.25, 0.3) is 21.8 Å². The van der Waals surface area contributed by atoms with Crippen LogP contribution in [0, 0.1) is 22.7 Å². The zero-order valence-corrected chi connectivity index (χ0v) is 12.9. The first-order valence-electron chi connectivity index (χ1n) is 6.86. The molecule has 0 aliphatic carbocycles. The van der Waals surface area contributed by atoms with Gasteiger partial charge in [0, 0.05) is 16.5 Å². The van der Waals surface area contributed by atoms with E-state index in [-0.39, 0.29) is 6.61 Å². The monoisotopic (exact) mass is 317 g/mol. The fourth-order valence-electron chi connectivity index (χ4n) is 2.06. The van der Waals surface area contributed by atoms with Crippen LogP contribution in [0.3, 0.4) is 0 Å². The van der Waals surface area contributed by atoms with E-state index < -0.39 is 0 Å². The lowest BCUT2D eigenvalue weighted by atomic mass is 10.1. The number of rotatable bonds is 4. The van der Waals surface area contributed by atoms with Gasteiger partial charge in [-0.2, -0.15) is 10.5 Å². The van der Waals surface area contributed by atoms with E-state index in [0.717, 1.165) is 21.8 Å². The quantitative estimate of drug-likeness (QED) is 0.721. The fraction of sp³-hybridized carbons (Fsp3) is 0.0556. The minimum Gasteiger partial charge on any atom is -0.479 e. The number of benzene rings is 2. The number of aromatic nitrogens is 1. The van der Waals surface area contributed by atoms with E-state index in [1.807, 2.05) is 47.8 Å². The fourth-order valence-corrected chi connectivity index (χ4v) is 2.90. The summed E-state index contributed by atoms with van der Waals surface area (Å²) in [5.41, 5.74) is 3.51. The molecule has 0 aliphatic heterocycles. The Morgan fingerprint density at radius 1 is 0.957 bits per heavy atom. The third kappa shape index (κ3) is 3.37. The van der Waals surface area contributed by atoms with Crippen LogP contribution < -0.4 is 4.74 Å². The number of hydrogen-bond acceptors (Lipinski definition) is 5. The molecule has 0 fully saturated rings. The Hall–Kier alpha value is -3.15. The summed E-state index contributed by atoms with van der Waals surface area (Å²) in [7, 11) is 0. The zero-order valence-electron chi connectivity index (χ0n) is 12.1.